The highest BCUT2D eigenvalue weighted by Gasteiger charge is 2.34. The quantitative estimate of drug-likeness (QED) is 0.646. The average Bonchev–Trinajstić information content (AvgIpc) is 3.37. The first kappa shape index (κ1) is 19.9. The van der Waals surface area contributed by atoms with Crippen molar-refractivity contribution in [2.75, 3.05) is 0 Å². The minimum atomic E-state index is -4.74. The van der Waals surface area contributed by atoms with E-state index in [2.05, 4.69) is 20.5 Å². The second kappa shape index (κ2) is 6.85. The van der Waals surface area contributed by atoms with E-state index in [0.717, 1.165) is 18.5 Å². The van der Waals surface area contributed by atoms with E-state index in [0.29, 0.717) is 24.9 Å². The fourth-order valence-electron chi connectivity index (χ4n) is 3.14. The number of aromatic nitrogens is 5. The van der Waals surface area contributed by atoms with Crippen molar-refractivity contribution < 1.29 is 31.1 Å². The maximum atomic E-state index is 12.9. The van der Waals surface area contributed by atoms with Gasteiger partial charge in [-0.3, -0.25) is 14.5 Å². The van der Waals surface area contributed by atoms with Gasteiger partial charge in [-0.15, -0.1) is 13.2 Å². The second-order valence-electron chi connectivity index (χ2n) is 6.56. The number of halogens is 6. The first-order valence-electron chi connectivity index (χ1n) is 8.56. The number of hydrogen-bond donors (Lipinski definition) is 1. The molecule has 1 atom stereocenters. The molecule has 0 aliphatic carbocycles. The number of alkyl halides is 6. The van der Waals surface area contributed by atoms with Crippen LogP contribution >= 0.6 is 0 Å². The van der Waals surface area contributed by atoms with Crippen molar-refractivity contribution in [3.05, 3.63) is 53.7 Å². The van der Waals surface area contributed by atoms with Crippen LogP contribution in [-0.4, -0.2) is 30.5 Å². The molecule has 13 heteroatoms. The lowest BCUT2D eigenvalue weighted by Gasteiger charge is -2.11. The van der Waals surface area contributed by atoms with Crippen LogP contribution in [0.4, 0.5) is 26.3 Å². The Kier molecular flexibility index (Phi) is 4.55. The van der Waals surface area contributed by atoms with Gasteiger partial charge in [0.15, 0.2) is 0 Å². The summed E-state index contributed by atoms with van der Waals surface area (Å²) in [5.74, 6) is -0.755. The minimum Gasteiger partial charge on any atom is -0.344 e. The van der Waals surface area contributed by atoms with Crippen LogP contribution < -0.4 is 5.32 Å². The Bertz CT molecular complexity index is 1100. The maximum Gasteiger partial charge on any atom is 0.504 e. The van der Waals surface area contributed by atoms with Crippen LogP contribution in [0.5, 0.6) is 0 Å². The van der Waals surface area contributed by atoms with Crippen LogP contribution in [-0.2, 0) is 19.0 Å². The first-order valence-corrected chi connectivity index (χ1v) is 8.56. The van der Waals surface area contributed by atoms with E-state index in [-0.39, 0.29) is 21.5 Å². The van der Waals surface area contributed by atoms with Crippen molar-refractivity contribution in [2.24, 2.45) is 0 Å². The van der Waals surface area contributed by atoms with E-state index in [1.807, 2.05) is 0 Å². The number of amides is 1. The molecule has 158 valence electrons. The molecule has 0 unspecified atom stereocenters. The molecular weight excluding hydrogens is 418 g/mol. The van der Waals surface area contributed by atoms with Crippen LogP contribution in [0.15, 0.2) is 36.8 Å². The molecule has 30 heavy (non-hydrogen) atoms. The predicted octanol–water partition coefficient (Wildman–Crippen LogP) is 3.51. The molecule has 4 heterocycles. The lowest BCUT2D eigenvalue weighted by atomic mass is 10.1. The van der Waals surface area contributed by atoms with E-state index < -0.39 is 30.1 Å². The maximum absolute atomic E-state index is 12.9. The SMILES string of the molecule is O=C(N[C@H]1CCn2nc(-c3ccnc(C(F)(F)F)c3)cc21)c1cnn(C(F)(F)F)c1. The Balaban J connectivity index is 1.54. The van der Waals surface area contributed by atoms with Gasteiger partial charge in [0.1, 0.15) is 5.69 Å². The van der Waals surface area contributed by atoms with Crippen molar-refractivity contribution in [3.8, 4) is 11.3 Å². The number of nitrogens with zero attached hydrogens (tertiary/aromatic N) is 5. The molecule has 0 saturated heterocycles. The molecule has 1 aliphatic heterocycles. The molecule has 0 aromatic carbocycles. The zero-order chi connectivity index (χ0) is 21.7. The molecular formula is C17H12F6N6O. The Labute approximate surface area is 164 Å². The standard InChI is InChI=1S/C17H12F6N6O/c18-16(19,20)14-5-9(1-3-24-14)12-6-13-11(2-4-28(13)27-12)26-15(30)10-7-25-29(8-10)17(21,22)23/h1,3,5-8,11H,2,4H2,(H,26,30)/t11-/m0/s1. The molecule has 0 fully saturated rings. The monoisotopic (exact) mass is 430 g/mol. The number of hydrogen-bond acceptors (Lipinski definition) is 4. The summed E-state index contributed by atoms with van der Waals surface area (Å²) in [6.07, 6.45) is -6.50. The summed E-state index contributed by atoms with van der Waals surface area (Å²) in [5, 5.41) is 9.97. The molecule has 1 amide bonds. The molecule has 1 aliphatic rings. The van der Waals surface area contributed by atoms with Crippen molar-refractivity contribution in [3.63, 3.8) is 0 Å². The molecule has 3 aromatic heterocycles. The molecule has 7 nitrogen and oxygen atoms in total. The normalized spacial score (nSPS) is 16.5. The second-order valence-corrected chi connectivity index (χ2v) is 6.56. The van der Waals surface area contributed by atoms with Crippen molar-refractivity contribution in [1.29, 1.82) is 0 Å². The van der Waals surface area contributed by atoms with E-state index in [9.17, 15) is 31.1 Å². The van der Waals surface area contributed by atoms with Crippen LogP contribution in [0.1, 0.15) is 34.2 Å². The number of carbonyl (C=O) groups is 1. The molecule has 0 saturated carbocycles. The Hall–Kier alpha value is -3.38. The third kappa shape index (κ3) is 3.74. The van der Waals surface area contributed by atoms with Crippen LogP contribution in [0.25, 0.3) is 11.3 Å². The summed E-state index contributed by atoms with van der Waals surface area (Å²) in [4.78, 5) is 15.6. The van der Waals surface area contributed by atoms with E-state index in [1.54, 1.807) is 0 Å². The highest BCUT2D eigenvalue weighted by atomic mass is 19.4. The fourth-order valence-corrected chi connectivity index (χ4v) is 3.14. The van der Waals surface area contributed by atoms with Crippen LogP contribution in [0, 0.1) is 0 Å². The zero-order valence-electron chi connectivity index (χ0n) is 14.9. The van der Waals surface area contributed by atoms with Gasteiger partial charge < -0.3 is 5.32 Å². The lowest BCUT2D eigenvalue weighted by Crippen LogP contribution is -2.27. The van der Waals surface area contributed by atoms with E-state index in [1.165, 1.54) is 16.8 Å². The molecule has 0 radical (unpaired) electrons. The van der Waals surface area contributed by atoms with Gasteiger partial charge in [0.05, 0.1) is 29.2 Å². The van der Waals surface area contributed by atoms with E-state index in [4.69, 9.17) is 0 Å². The van der Waals surface area contributed by atoms with Crippen LogP contribution in [0.2, 0.25) is 0 Å². The van der Waals surface area contributed by atoms with Gasteiger partial charge in [-0.1, -0.05) is 0 Å². The zero-order valence-corrected chi connectivity index (χ0v) is 14.9. The Morgan fingerprint density at radius 3 is 2.60 bits per heavy atom. The molecule has 3 aromatic rings. The summed E-state index contributed by atoms with van der Waals surface area (Å²) in [6.45, 7) is 0.388. The molecule has 0 spiro atoms. The molecule has 4 rings (SSSR count). The fraction of sp³-hybridized carbons (Fsp3) is 0.294. The Morgan fingerprint density at radius 1 is 1.17 bits per heavy atom. The van der Waals surface area contributed by atoms with Gasteiger partial charge in [0.25, 0.3) is 5.91 Å². The summed E-state index contributed by atoms with van der Waals surface area (Å²) in [5.41, 5.74) is -0.321. The summed E-state index contributed by atoms with van der Waals surface area (Å²) < 4.78 is 77.7. The number of rotatable bonds is 3. The number of aryl methyl sites for hydroxylation is 1. The predicted molar refractivity (Wildman–Crippen MR) is 88.8 cm³/mol. The van der Waals surface area contributed by atoms with Crippen molar-refractivity contribution >= 4 is 5.91 Å². The summed E-state index contributed by atoms with van der Waals surface area (Å²) in [6, 6.07) is 3.23. The summed E-state index contributed by atoms with van der Waals surface area (Å²) >= 11 is 0. The smallest absolute Gasteiger partial charge is 0.344 e. The topological polar surface area (TPSA) is 77.6 Å². The molecule has 1 N–H and O–H groups in total. The minimum absolute atomic E-state index is 0.204. The third-order valence-electron chi connectivity index (χ3n) is 4.55. The van der Waals surface area contributed by atoms with Gasteiger partial charge in [0, 0.05) is 24.5 Å². The van der Waals surface area contributed by atoms with Crippen molar-refractivity contribution in [2.45, 2.75) is 31.5 Å². The number of carbonyl (C=O) groups excluding carboxylic acids is 1. The number of pyridine rings is 1. The first-order chi connectivity index (χ1) is 14.0. The molecule has 0 bridgehead atoms. The van der Waals surface area contributed by atoms with Gasteiger partial charge >= 0.3 is 12.5 Å². The number of fused-ring (bicyclic) bond motifs is 1. The third-order valence-corrected chi connectivity index (χ3v) is 4.55. The van der Waals surface area contributed by atoms with Gasteiger partial charge in [-0.25, -0.2) is 0 Å². The average molecular weight is 430 g/mol. The van der Waals surface area contributed by atoms with E-state index >= 15 is 0 Å². The van der Waals surface area contributed by atoms with Crippen molar-refractivity contribution in [1.82, 2.24) is 29.9 Å². The van der Waals surface area contributed by atoms with Crippen LogP contribution in [0.3, 0.4) is 0 Å². The highest BCUT2D eigenvalue weighted by molar-refractivity contribution is 5.94. The van der Waals surface area contributed by atoms with Gasteiger partial charge in [-0.2, -0.15) is 28.1 Å². The summed E-state index contributed by atoms with van der Waals surface area (Å²) in [7, 11) is 0. The van der Waals surface area contributed by atoms with Gasteiger partial charge in [-0.05, 0) is 24.6 Å². The largest absolute Gasteiger partial charge is 0.504 e. The number of nitrogens with one attached hydrogen (secondary N) is 1. The van der Waals surface area contributed by atoms with Gasteiger partial charge in [0.2, 0.25) is 0 Å². The lowest BCUT2D eigenvalue weighted by molar-refractivity contribution is -0.212. The Morgan fingerprint density at radius 2 is 1.93 bits per heavy atom. The highest BCUT2D eigenvalue weighted by Crippen LogP contribution is 2.33.